The van der Waals surface area contributed by atoms with Gasteiger partial charge in [0, 0.05) is 13.1 Å². The number of hydrogen-bond donors (Lipinski definition) is 1. The molecule has 1 aliphatic rings. The SMILES string of the molecule is COc1ccc(S(=O)(=O)Nc2ccc(N3CCOCC3)nn2)c(C)c1. The molecule has 0 spiro atoms. The molecule has 1 N–H and O–H groups in total. The predicted octanol–water partition coefficient (Wildman–Crippen LogP) is 1.43. The molecule has 1 fully saturated rings. The molecule has 0 aliphatic carbocycles. The molecule has 2 heterocycles. The zero-order valence-corrected chi connectivity index (χ0v) is 14.9. The Morgan fingerprint density at radius 1 is 1.16 bits per heavy atom. The quantitative estimate of drug-likeness (QED) is 0.858. The molecule has 0 radical (unpaired) electrons. The lowest BCUT2D eigenvalue weighted by molar-refractivity contribution is 0.122. The minimum atomic E-state index is -3.75. The molecule has 1 saturated heterocycles. The Kier molecular flexibility index (Phi) is 5.05. The Balaban J connectivity index is 1.76. The van der Waals surface area contributed by atoms with Gasteiger partial charge in [-0.1, -0.05) is 0 Å². The first-order chi connectivity index (χ1) is 12.0. The molecule has 3 rings (SSSR count). The number of methoxy groups -OCH3 is 1. The molecule has 0 saturated carbocycles. The normalized spacial score (nSPS) is 15.0. The fourth-order valence-electron chi connectivity index (χ4n) is 2.58. The van der Waals surface area contributed by atoms with Gasteiger partial charge < -0.3 is 14.4 Å². The summed E-state index contributed by atoms with van der Waals surface area (Å²) in [6.45, 7) is 4.49. The van der Waals surface area contributed by atoms with E-state index in [2.05, 4.69) is 14.9 Å². The van der Waals surface area contributed by atoms with Crippen molar-refractivity contribution in [2.24, 2.45) is 0 Å². The van der Waals surface area contributed by atoms with E-state index in [0.717, 1.165) is 13.1 Å². The van der Waals surface area contributed by atoms with E-state index in [1.54, 1.807) is 31.2 Å². The summed E-state index contributed by atoms with van der Waals surface area (Å²) >= 11 is 0. The fraction of sp³-hybridized carbons (Fsp3) is 0.375. The summed E-state index contributed by atoms with van der Waals surface area (Å²) in [4.78, 5) is 2.22. The van der Waals surface area contributed by atoms with Crippen LogP contribution in [0.1, 0.15) is 5.56 Å². The van der Waals surface area contributed by atoms with Crippen molar-refractivity contribution >= 4 is 21.7 Å². The standard InChI is InChI=1S/C16H20N4O4S/c1-12-11-13(23-2)3-4-14(12)25(21,22)19-15-5-6-16(18-17-15)20-7-9-24-10-8-20/h3-6,11H,7-10H2,1-2H3,(H,17,19). The number of aromatic nitrogens is 2. The first-order valence-corrected chi connectivity index (χ1v) is 9.32. The van der Waals surface area contributed by atoms with Gasteiger partial charge in [-0.2, -0.15) is 0 Å². The molecule has 25 heavy (non-hydrogen) atoms. The van der Waals surface area contributed by atoms with E-state index >= 15 is 0 Å². The van der Waals surface area contributed by atoms with Crippen molar-refractivity contribution in [3.8, 4) is 5.75 Å². The number of morpholine rings is 1. The van der Waals surface area contributed by atoms with E-state index in [9.17, 15) is 8.42 Å². The Labute approximate surface area is 146 Å². The van der Waals surface area contributed by atoms with Gasteiger partial charge in [-0.25, -0.2) is 8.42 Å². The first-order valence-electron chi connectivity index (χ1n) is 7.83. The van der Waals surface area contributed by atoms with Gasteiger partial charge in [-0.15, -0.1) is 10.2 Å². The summed E-state index contributed by atoms with van der Waals surface area (Å²) in [5.74, 6) is 1.48. The van der Waals surface area contributed by atoms with Crippen LogP contribution in [-0.4, -0.2) is 52.0 Å². The van der Waals surface area contributed by atoms with Gasteiger partial charge in [0.15, 0.2) is 11.6 Å². The second-order valence-electron chi connectivity index (χ2n) is 5.61. The molecule has 1 aromatic carbocycles. The third-order valence-electron chi connectivity index (χ3n) is 3.90. The third-order valence-corrected chi connectivity index (χ3v) is 5.41. The van der Waals surface area contributed by atoms with Gasteiger partial charge in [-0.05, 0) is 42.8 Å². The van der Waals surface area contributed by atoms with E-state index in [4.69, 9.17) is 9.47 Å². The van der Waals surface area contributed by atoms with Crippen LogP contribution in [-0.2, 0) is 14.8 Å². The second kappa shape index (κ2) is 7.24. The van der Waals surface area contributed by atoms with Crippen molar-refractivity contribution in [2.45, 2.75) is 11.8 Å². The van der Waals surface area contributed by atoms with Crippen molar-refractivity contribution < 1.29 is 17.9 Å². The molecule has 0 unspecified atom stereocenters. The highest BCUT2D eigenvalue weighted by Gasteiger charge is 2.19. The number of anilines is 2. The minimum Gasteiger partial charge on any atom is -0.497 e. The molecule has 9 heteroatoms. The van der Waals surface area contributed by atoms with Gasteiger partial charge in [0.1, 0.15) is 5.75 Å². The van der Waals surface area contributed by atoms with Crippen molar-refractivity contribution in [3.05, 3.63) is 35.9 Å². The van der Waals surface area contributed by atoms with Gasteiger partial charge in [0.25, 0.3) is 10.0 Å². The molecule has 1 aliphatic heterocycles. The maximum atomic E-state index is 12.6. The lowest BCUT2D eigenvalue weighted by Gasteiger charge is -2.27. The number of hydrogen-bond acceptors (Lipinski definition) is 7. The number of rotatable bonds is 5. The highest BCUT2D eigenvalue weighted by atomic mass is 32.2. The first kappa shape index (κ1) is 17.4. The van der Waals surface area contributed by atoms with Crippen LogP contribution in [0, 0.1) is 6.92 Å². The molecular formula is C16H20N4O4S. The summed E-state index contributed by atoms with van der Waals surface area (Å²) in [5, 5.41) is 8.08. The Morgan fingerprint density at radius 2 is 1.92 bits per heavy atom. The highest BCUT2D eigenvalue weighted by Crippen LogP contribution is 2.23. The van der Waals surface area contributed by atoms with E-state index in [1.807, 2.05) is 4.90 Å². The number of aryl methyl sites for hydroxylation is 1. The molecule has 8 nitrogen and oxygen atoms in total. The molecule has 2 aromatic rings. The molecular weight excluding hydrogens is 344 g/mol. The summed E-state index contributed by atoms with van der Waals surface area (Å²) in [6, 6.07) is 8.13. The van der Waals surface area contributed by atoms with Crippen LogP contribution in [0.25, 0.3) is 0 Å². The number of ether oxygens (including phenoxy) is 2. The topological polar surface area (TPSA) is 93.7 Å². The maximum absolute atomic E-state index is 12.6. The average Bonchev–Trinajstić information content (AvgIpc) is 2.62. The van der Waals surface area contributed by atoms with Crippen LogP contribution in [0.3, 0.4) is 0 Å². The summed E-state index contributed by atoms with van der Waals surface area (Å²) in [7, 11) is -2.21. The number of nitrogens with zero attached hydrogens (tertiary/aromatic N) is 3. The van der Waals surface area contributed by atoms with Crippen LogP contribution in [0.15, 0.2) is 35.2 Å². The largest absolute Gasteiger partial charge is 0.497 e. The average molecular weight is 364 g/mol. The lowest BCUT2D eigenvalue weighted by atomic mass is 10.2. The number of benzene rings is 1. The van der Waals surface area contributed by atoms with Crippen molar-refractivity contribution in [3.63, 3.8) is 0 Å². The van der Waals surface area contributed by atoms with Gasteiger partial charge in [0.2, 0.25) is 0 Å². The molecule has 0 amide bonds. The van der Waals surface area contributed by atoms with Crippen LogP contribution >= 0.6 is 0 Å². The van der Waals surface area contributed by atoms with Crippen molar-refractivity contribution in [1.29, 1.82) is 0 Å². The molecule has 134 valence electrons. The highest BCUT2D eigenvalue weighted by molar-refractivity contribution is 7.92. The second-order valence-corrected chi connectivity index (χ2v) is 7.26. The zero-order valence-electron chi connectivity index (χ0n) is 14.1. The van der Waals surface area contributed by atoms with Crippen molar-refractivity contribution in [1.82, 2.24) is 10.2 Å². The van der Waals surface area contributed by atoms with Crippen LogP contribution < -0.4 is 14.4 Å². The summed E-state index contributed by atoms with van der Waals surface area (Å²) < 4.78 is 38.0. The zero-order chi connectivity index (χ0) is 17.9. The smallest absolute Gasteiger partial charge is 0.263 e. The Bertz CT molecular complexity index is 834. The van der Waals surface area contributed by atoms with Crippen LogP contribution in [0.2, 0.25) is 0 Å². The monoisotopic (exact) mass is 364 g/mol. The van der Waals surface area contributed by atoms with E-state index in [1.165, 1.54) is 13.2 Å². The van der Waals surface area contributed by atoms with Gasteiger partial charge >= 0.3 is 0 Å². The van der Waals surface area contributed by atoms with Gasteiger partial charge in [-0.3, -0.25) is 4.72 Å². The molecule has 1 aromatic heterocycles. The Morgan fingerprint density at radius 3 is 2.52 bits per heavy atom. The van der Waals surface area contributed by atoms with Crippen LogP contribution in [0.5, 0.6) is 5.75 Å². The number of nitrogens with one attached hydrogen (secondary N) is 1. The van der Waals surface area contributed by atoms with Gasteiger partial charge in [0.05, 0.1) is 25.2 Å². The van der Waals surface area contributed by atoms with Crippen LogP contribution in [0.4, 0.5) is 11.6 Å². The summed E-state index contributed by atoms with van der Waals surface area (Å²) in [6.07, 6.45) is 0. The number of sulfonamides is 1. The molecule has 0 atom stereocenters. The van der Waals surface area contributed by atoms with E-state index in [-0.39, 0.29) is 10.7 Å². The predicted molar refractivity (Wildman–Crippen MR) is 93.6 cm³/mol. The minimum absolute atomic E-state index is 0.173. The molecule has 0 bridgehead atoms. The van der Waals surface area contributed by atoms with Crippen molar-refractivity contribution in [2.75, 3.05) is 43.0 Å². The maximum Gasteiger partial charge on any atom is 0.263 e. The summed E-state index contributed by atoms with van der Waals surface area (Å²) in [5.41, 5.74) is 0.588. The third kappa shape index (κ3) is 3.99. The lowest BCUT2D eigenvalue weighted by Crippen LogP contribution is -2.36. The fourth-order valence-corrected chi connectivity index (χ4v) is 3.81. The van der Waals surface area contributed by atoms with E-state index < -0.39 is 10.0 Å². The van der Waals surface area contributed by atoms with E-state index in [0.29, 0.717) is 30.3 Å². The Hall–Kier alpha value is -2.39.